The molecule has 1 heterocycles. The Hall–Kier alpha value is -1.89. The number of thioether (sulfide) groups is 1. The minimum atomic E-state index is -0.227. The number of amides is 1. The van der Waals surface area contributed by atoms with E-state index in [1.807, 2.05) is 39.0 Å². The first-order chi connectivity index (χ1) is 10.6. The molecule has 1 aromatic heterocycles. The summed E-state index contributed by atoms with van der Waals surface area (Å²) in [6.07, 6.45) is 2.17. The van der Waals surface area contributed by atoms with Gasteiger partial charge in [0.1, 0.15) is 0 Å². The van der Waals surface area contributed by atoms with Crippen LogP contribution in [-0.2, 0) is 4.79 Å². The molecule has 0 aliphatic heterocycles. The van der Waals surface area contributed by atoms with E-state index in [1.165, 1.54) is 11.8 Å². The third kappa shape index (κ3) is 3.14. The molecule has 1 saturated carbocycles. The fraction of sp³-hybridized carbons (Fsp3) is 0.467. The Morgan fingerprint density at radius 3 is 2.68 bits per heavy atom. The topological polar surface area (TPSA) is 72.7 Å². The maximum Gasteiger partial charge on any atom is 0.233 e. The summed E-state index contributed by atoms with van der Waals surface area (Å²) >= 11 is 1.38. The number of carbonyl (C=O) groups excluding carboxylic acids is 1. The fourth-order valence-corrected chi connectivity index (χ4v) is 3.09. The first-order valence-corrected chi connectivity index (χ1v) is 8.26. The molecule has 7 heteroatoms. The van der Waals surface area contributed by atoms with Crippen LogP contribution in [0, 0.1) is 13.8 Å². The van der Waals surface area contributed by atoms with Gasteiger partial charge in [0, 0.05) is 6.04 Å². The smallest absolute Gasteiger partial charge is 0.233 e. The third-order valence-electron chi connectivity index (χ3n) is 3.67. The van der Waals surface area contributed by atoms with Gasteiger partial charge in [0.2, 0.25) is 11.1 Å². The maximum atomic E-state index is 12.1. The Kier molecular flexibility index (Phi) is 4.15. The minimum absolute atomic E-state index is 0.0450. The molecule has 1 fully saturated rings. The molecule has 116 valence electrons. The van der Waals surface area contributed by atoms with Gasteiger partial charge in [-0.3, -0.25) is 4.79 Å². The molecule has 0 unspecified atom stereocenters. The van der Waals surface area contributed by atoms with Gasteiger partial charge in [-0.2, -0.15) is 4.68 Å². The molecular weight excluding hydrogens is 298 g/mol. The summed E-state index contributed by atoms with van der Waals surface area (Å²) in [5.74, 6) is 0.0450. The van der Waals surface area contributed by atoms with Crippen molar-refractivity contribution in [1.82, 2.24) is 25.5 Å². The van der Waals surface area contributed by atoms with Crippen LogP contribution < -0.4 is 5.32 Å². The zero-order chi connectivity index (χ0) is 15.7. The van der Waals surface area contributed by atoms with Gasteiger partial charge in [-0.05, 0) is 55.2 Å². The molecule has 22 heavy (non-hydrogen) atoms. The van der Waals surface area contributed by atoms with E-state index < -0.39 is 0 Å². The van der Waals surface area contributed by atoms with Crippen LogP contribution in [0.4, 0.5) is 0 Å². The van der Waals surface area contributed by atoms with Crippen LogP contribution in [0.15, 0.2) is 23.4 Å². The molecule has 0 bridgehead atoms. The van der Waals surface area contributed by atoms with Gasteiger partial charge in [0.25, 0.3) is 0 Å². The predicted octanol–water partition coefficient (Wildman–Crippen LogP) is 2.04. The van der Waals surface area contributed by atoms with Crippen LogP contribution in [0.2, 0.25) is 0 Å². The van der Waals surface area contributed by atoms with E-state index >= 15 is 0 Å². The van der Waals surface area contributed by atoms with Crippen molar-refractivity contribution in [2.24, 2.45) is 0 Å². The van der Waals surface area contributed by atoms with Crippen LogP contribution in [0.5, 0.6) is 0 Å². The van der Waals surface area contributed by atoms with Crippen molar-refractivity contribution < 1.29 is 4.79 Å². The molecule has 0 saturated heterocycles. The summed E-state index contributed by atoms with van der Waals surface area (Å²) in [5, 5.41) is 15.4. The number of nitrogens with zero attached hydrogens (tertiary/aromatic N) is 4. The van der Waals surface area contributed by atoms with E-state index in [1.54, 1.807) is 4.68 Å². The summed E-state index contributed by atoms with van der Waals surface area (Å²) < 4.78 is 1.72. The van der Waals surface area contributed by atoms with Crippen LogP contribution in [-0.4, -0.2) is 37.4 Å². The molecule has 0 radical (unpaired) electrons. The number of para-hydroxylation sites is 1. The average Bonchev–Trinajstić information content (AvgIpc) is 3.17. The Morgan fingerprint density at radius 1 is 1.36 bits per heavy atom. The zero-order valence-electron chi connectivity index (χ0n) is 12.9. The number of aromatic nitrogens is 4. The summed E-state index contributed by atoms with van der Waals surface area (Å²) in [7, 11) is 0. The number of tetrazole rings is 1. The first kappa shape index (κ1) is 15.0. The fourth-order valence-electron chi connectivity index (χ4n) is 2.29. The lowest BCUT2D eigenvalue weighted by molar-refractivity contribution is -0.120. The molecule has 1 amide bonds. The monoisotopic (exact) mass is 317 g/mol. The molecule has 1 aliphatic rings. The molecule has 2 aromatic rings. The summed E-state index contributed by atoms with van der Waals surface area (Å²) in [6.45, 7) is 5.94. The molecule has 1 aliphatic carbocycles. The van der Waals surface area contributed by atoms with Crippen molar-refractivity contribution >= 4 is 17.7 Å². The van der Waals surface area contributed by atoms with Crippen molar-refractivity contribution in [1.29, 1.82) is 0 Å². The molecule has 1 atom stereocenters. The van der Waals surface area contributed by atoms with Gasteiger partial charge in [-0.25, -0.2) is 0 Å². The van der Waals surface area contributed by atoms with Crippen LogP contribution in [0.25, 0.3) is 5.69 Å². The Bertz CT molecular complexity index is 675. The van der Waals surface area contributed by atoms with Crippen LogP contribution in [0.3, 0.4) is 0 Å². The second kappa shape index (κ2) is 6.08. The lowest BCUT2D eigenvalue weighted by Gasteiger charge is -2.13. The highest BCUT2D eigenvalue weighted by molar-refractivity contribution is 8.00. The van der Waals surface area contributed by atoms with E-state index in [0.29, 0.717) is 11.2 Å². The Labute approximate surface area is 133 Å². The number of aryl methyl sites for hydroxylation is 2. The highest BCUT2D eigenvalue weighted by Crippen LogP contribution is 2.27. The number of benzene rings is 1. The first-order valence-electron chi connectivity index (χ1n) is 7.38. The van der Waals surface area contributed by atoms with Crippen molar-refractivity contribution in [3.8, 4) is 5.69 Å². The number of rotatable bonds is 5. The van der Waals surface area contributed by atoms with Crippen molar-refractivity contribution in [2.75, 3.05) is 0 Å². The summed E-state index contributed by atoms with van der Waals surface area (Å²) in [6, 6.07) is 6.44. The van der Waals surface area contributed by atoms with E-state index in [9.17, 15) is 4.79 Å². The third-order valence-corrected chi connectivity index (χ3v) is 4.70. The molecular formula is C15H19N5OS. The highest BCUT2D eigenvalue weighted by atomic mass is 32.2. The van der Waals surface area contributed by atoms with Crippen molar-refractivity contribution in [3.63, 3.8) is 0 Å². The minimum Gasteiger partial charge on any atom is -0.352 e. The standard InChI is InChI=1S/C15H19N5OS/c1-9-5-4-6-10(2)13(9)20-15(17-18-19-20)22-11(3)14(21)16-12-7-8-12/h4-6,11-12H,7-8H2,1-3H3,(H,16,21)/t11-/m0/s1. The molecule has 0 spiro atoms. The molecule has 1 N–H and O–H groups in total. The van der Waals surface area contributed by atoms with E-state index in [4.69, 9.17) is 0 Å². The Morgan fingerprint density at radius 2 is 2.05 bits per heavy atom. The van der Waals surface area contributed by atoms with Gasteiger partial charge in [0.05, 0.1) is 10.9 Å². The summed E-state index contributed by atoms with van der Waals surface area (Å²) in [4.78, 5) is 12.1. The summed E-state index contributed by atoms with van der Waals surface area (Å²) in [5.41, 5.74) is 3.18. The lowest BCUT2D eigenvalue weighted by Crippen LogP contribution is -2.32. The molecule has 6 nitrogen and oxygen atoms in total. The number of hydrogen-bond acceptors (Lipinski definition) is 5. The quantitative estimate of drug-likeness (QED) is 0.854. The van der Waals surface area contributed by atoms with Crippen molar-refractivity contribution in [3.05, 3.63) is 29.3 Å². The predicted molar refractivity (Wildman–Crippen MR) is 85.1 cm³/mol. The second-order valence-corrected chi connectivity index (χ2v) is 6.96. The van der Waals surface area contributed by atoms with Crippen LogP contribution >= 0.6 is 11.8 Å². The maximum absolute atomic E-state index is 12.1. The van der Waals surface area contributed by atoms with Gasteiger partial charge >= 0.3 is 0 Å². The number of carbonyl (C=O) groups is 1. The normalized spacial score (nSPS) is 15.6. The largest absolute Gasteiger partial charge is 0.352 e. The van der Waals surface area contributed by atoms with Gasteiger partial charge < -0.3 is 5.32 Å². The second-order valence-electron chi connectivity index (χ2n) is 5.66. The van der Waals surface area contributed by atoms with Gasteiger partial charge in [-0.1, -0.05) is 30.0 Å². The number of nitrogens with one attached hydrogen (secondary N) is 1. The average molecular weight is 317 g/mol. The van der Waals surface area contributed by atoms with E-state index in [0.717, 1.165) is 29.7 Å². The Balaban J connectivity index is 1.81. The van der Waals surface area contributed by atoms with Gasteiger partial charge in [0.15, 0.2) is 0 Å². The van der Waals surface area contributed by atoms with Gasteiger partial charge in [-0.15, -0.1) is 5.10 Å². The molecule has 1 aromatic carbocycles. The number of hydrogen-bond donors (Lipinski definition) is 1. The SMILES string of the molecule is Cc1cccc(C)c1-n1nnnc1S[C@@H](C)C(=O)NC1CC1. The van der Waals surface area contributed by atoms with E-state index in [2.05, 4.69) is 20.8 Å². The molecule has 3 rings (SSSR count). The lowest BCUT2D eigenvalue weighted by atomic mass is 10.1. The van der Waals surface area contributed by atoms with Crippen molar-refractivity contribution in [2.45, 2.75) is 50.1 Å². The zero-order valence-corrected chi connectivity index (χ0v) is 13.7. The van der Waals surface area contributed by atoms with E-state index in [-0.39, 0.29) is 11.2 Å². The van der Waals surface area contributed by atoms with Crippen LogP contribution in [0.1, 0.15) is 30.9 Å². The highest BCUT2D eigenvalue weighted by Gasteiger charge is 2.27.